The first-order chi connectivity index (χ1) is 15.0. The van der Waals surface area contributed by atoms with Gasteiger partial charge in [0.05, 0.1) is 28.0 Å². The number of anilines is 2. The average Bonchev–Trinajstić information content (AvgIpc) is 2.77. The molecule has 0 saturated carbocycles. The number of hydrogen-bond acceptors (Lipinski definition) is 4. The summed E-state index contributed by atoms with van der Waals surface area (Å²) in [5, 5.41) is 2.74. The largest absolute Gasteiger partial charge is 0.416 e. The fourth-order valence-corrected chi connectivity index (χ4v) is 3.54. The highest BCUT2D eigenvalue weighted by Gasteiger charge is 2.30. The number of carbonyl (C=O) groups is 1. The van der Waals surface area contributed by atoms with Crippen molar-refractivity contribution in [2.75, 3.05) is 23.3 Å². The molecule has 0 bridgehead atoms. The Bertz CT molecular complexity index is 1290. The highest BCUT2D eigenvalue weighted by Crippen LogP contribution is 2.32. The molecular formula is C22H23F3N4O3. The molecule has 170 valence electrons. The van der Waals surface area contributed by atoms with E-state index in [1.54, 1.807) is 12.1 Å². The minimum absolute atomic E-state index is 0.0537. The zero-order valence-electron chi connectivity index (χ0n) is 18.1. The van der Waals surface area contributed by atoms with Crippen LogP contribution in [0.2, 0.25) is 0 Å². The Labute approximate surface area is 181 Å². The minimum Gasteiger partial charge on any atom is -0.370 e. The number of aryl methyl sites for hydroxylation is 2. The van der Waals surface area contributed by atoms with Crippen LogP contribution in [-0.4, -0.2) is 28.1 Å². The normalized spacial score (nSPS) is 11.6. The molecule has 0 fully saturated rings. The SMILES string of the molecule is CCN(CC)c1cc2c(cc1NC(=O)c1ccc(C(F)(F)F)cc1)n(C)c(=O)c(=O)n2C. The van der Waals surface area contributed by atoms with Crippen molar-refractivity contribution >= 4 is 28.3 Å². The van der Waals surface area contributed by atoms with Crippen LogP contribution in [0.25, 0.3) is 11.0 Å². The Morgan fingerprint density at radius 1 is 0.938 bits per heavy atom. The Hall–Kier alpha value is -3.56. The van der Waals surface area contributed by atoms with Crippen molar-refractivity contribution < 1.29 is 18.0 Å². The summed E-state index contributed by atoms with van der Waals surface area (Å²) in [6.45, 7) is 5.06. The molecule has 1 heterocycles. The van der Waals surface area contributed by atoms with Crippen LogP contribution in [0.4, 0.5) is 24.5 Å². The number of hydrogen-bond donors (Lipinski definition) is 1. The van der Waals surface area contributed by atoms with Crippen molar-refractivity contribution in [3.8, 4) is 0 Å². The molecule has 1 amide bonds. The second kappa shape index (κ2) is 8.52. The molecule has 10 heteroatoms. The van der Waals surface area contributed by atoms with E-state index in [1.807, 2.05) is 18.7 Å². The lowest BCUT2D eigenvalue weighted by molar-refractivity contribution is -0.137. The molecule has 0 aliphatic heterocycles. The van der Waals surface area contributed by atoms with Gasteiger partial charge in [-0.15, -0.1) is 0 Å². The van der Waals surface area contributed by atoms with E-state index >= 15 is 0 Å². The lowest BCUT2D eigenvalue weighted by Gasteiger charge is -2.25. The Kier molecular flexibility index (Phi) is 6.16. The number of alkyl halides is 3. The number of nitrogens with one attached hydrogen (secondary N) is 1. The summed E-state index contributed by atoms with van der Waals surface area (Å²) in [6, 6.07) is 7.21. The molecule has 7 nitrogen and oxygen atoms in total. The minimum atomic E-state index is -4.50. The standard InChI is InChI=1S/C22H23F3N4O3/c1-5-29(6-2)16-12-18-17(27(3)20(31)21(32)28(18)4)11-15(16)26-19(30)13-7-9-14(10-8-13)22(23,24)25/h7-12H,5-6H2,1-4H3,(H,26,30). The van der Waals surface area contributed by atoms with Crippen molar-refractivity contribution in [1.82, 2.24) is 9.13 Å². The third kappa shape index (κ3) is 4.12. The number of nitrogens with zero attached hydrogens (tertiary/aromatic N) is 3. The molecular weight excluding hydrogens is 425 g/mol. The second-order valence-corrected chi connectivity index (χ2v) is 7.29. The quantitative estimate of drug-likeness (QED) is 0.608. The maximum Gasteiger partial charge on any atom is 0.416 e. The van der Waals surface area contributed by atoms with Gasteiger partial charge in [-0.05, 0) is 50.2 Å². The topological polar surface area (TPSA) is 76.3 Å². The number of carbonyl (C=O) groups excluding carboxylic acids is 1. The first-order valence-electron chi connectivity index (χ1n) is 9.96. The van der Waals surface area contributed by atoms with Crippen molar-refractivity contribution in [2.24, 2.45) is 14.1 Å². The van der Waals surface area contributed by atoms with Crippen molar-refractivity contribution in [3.05, 3.63) is 68.2 Å². The van der Waals surface area contributed by atoms with Crippen molar-refractivity contribution in [3.63, 3.8) is 0 Å². The first kappa shape index (κ1) is 23.1. The summed E-state index contributed by atoms with van der Waals surface area (Å²) in [6.07, 6.45) is -4.50. The maximum atomic E-state index is 12.8. The maximum absolute atomic E-state index is 12.8. The van der Waals surface area contributed by atoms with E-state index in [0.29, 0.717) is 35.5 Å². The monoisotopic (exact) mass is 448 g/mol. The molecule has 0 saturated heterocycles. The number of benzene rings is 2. The summed E-state index contributed by atoms with van der Waals surface area (Å²) in [5.74, 6) is -0.596. The lowest BCUT2D eigenvalue weighted by atomic mass is 10.1. The van der Waals surface area contributed by atoms with E-state index in [4.69, 9.17) is 0 Å². The molecule has 0 aliphatic carbocycles. The summed E-state index contributed by atoms with van der Waals surface area (Å²) in [4.78, 5) is 39.2. The third-order valence-electron chi connectivity index (χ3n) is 5.43. The zero-order valence-corrected chi connectivity index (χ0v) is 18.1. The van der Waals surface area contributed by atoms with Gasteiger partial charge >= 0.3 is 17.3 Å². The predicted molar refractivity (Wildman–Crippen MR) is 117 cm³/mol. The van der Waals surface area contributed by atoms with Gasteiger partial charge in [-0.1, -0.05) is 0 Å². The zero-order chi connectivity index (χ0) is 23.8. The van der Waals surface area contributed by atoms with Crippen LogP contribution in [0, 0.1) is 0 Å². The van der Waals surface area contributed by atoms with Gasteiger partial charge in [0, 0.05) is 32.7 Å². The summed E-state index contributed by atoms with van der Waals surface area (Å²) < 4.78 is 40.9. The molecule has 1 aromatic heterocycles. The van der Waals surface area contributed by atoms with E-state index in [-0.39, 0.29) is 5.56 Å². The van der Waals surface area contributed by atoms with E-state index < -0.39 is 28.8 Å². The van der Waals surface area contributed by atoms with E-state index in [9.17, 15) is 27.6 Å². The average molecular weight is 448 g/mol. The van der Waals surface area contributed by atoms with Gasteiger partial charge < -0.3 is 19.4 Å². The summed E-state index contributed by atoms with van der Waals surface area (Å²) in [5.41, 5.74) is -0.251. The van der Waals surface area contributed by atoms with Crippen LogP contribution < -0.4 is 21.3 Å². The lowest BCUT2D eigenvalue weighted by Crippen LogP contribution is -2.39. The van der Waals surface area contributed by atoms with Crippen molar-refractivity contribution in [2.45, 2.75) is 20.0 Å². The molecule has 32 heavy (non-hydrogen) atoms. The van der Waals surface area contributed by atoms with Gasteiger partial charge in [0.2, 0.25) is 0 Å². The van der Waals surface area contributed by atoms with E-state index in [2.05, 4.69) is 5.32 Å². The van der Waals surface area contributed by atoms with Gasteiger partial charge in [0.15, 0.2) is 0 Å². The molecule has 3 aromatic rings. The molecule has 0 atom stereocenters. The van der Waals surface area contributed by atoms with Crippen LogP contribution in [0.1, 0.15) is 29.8 Å². The summed E-state index contributed by atoms with van der Waals surface area (Å²) in [7, 11) is 2.96. The molecule has 1 N–H and O–H groups in total. The number of rotatable bonds is 5. The van der Waals surface area contributed by atoms with E-state index in [0.717, 1.165) is 24.3 Å². The van der Waals surface area contributed by atoms with E-state index in [1.165, 1.54) is 23.2 Å². The van der Waals surface area contributed by atoms with Crippen LogP contribution in [-0.2, 0) is 20.3 Å². The third-order valence-corrected chi connectivity index (χ3v) is 5.43. The Balaban J connectivity index is 2.13. The molecule has 0 unspecified atom stereocenters. The Morgan fingerprint density at radius 3 is 1.91 bits per heavy atom. The first-order valence-corrected chi connectivity index (χ1v) is 9.96. The van der Waals surface area contributed by atoms with Crippen LogP contribution in [0.3, 0.4) is 0 Å². The fraction of sp³-hybridized carbons (Fsp3) is 0.318. The molecule has 3 rings (SSSR count). The number of halogens is 3. The van der Waals surface area contributed by atoms with Crippen LogP contribution in [0.15, 0.2) is 46.0 Å². The fourth-order valence-electron chi connectivity index (χ4n) is 3.54. The number of aromatic nitrogens is 2. The van der Waals surface area contributed by atoms with Crippen LogP contribution >= 0.6 is 0 Å². The van der Waals surface area contributed by atoms with Gasteiger partial charge in [-0.2, -0.15) is 13.2 Å². The second-order valence-electron chi connectivity index (χ2n) is 7.29. The molecule has 0 radical (unpaired) electrons. The molecule has 0 spiro atoms. The van der Waals surface area contributed by atoms with Gasteiger partial charge in [0.25, 0.3) is 5.91 Å². The molecule has 2 aromatic carbocycles. The van der Waals surface area contributed by atoms with Crippen LogP contribution in [0.5, 0.6) is 0 Å². The van der Waals surface area contributed by atoms with Gasteiger partial charge in [-0.3, -0.25) is 14.4 Å². The Morgan fingerprint density at radius 2 is 1.44 bits per heavy atom. The smallest absolute Gasteiger partial charge is 0.370 e. The number of amides is 1. The van der Waals surface area contributed by atoms with Gasteiger partial charge in [-0.25, -0.2) is 0 Å². The predicted octanol–water partition coefficient (Wildman–Crippen LogP) is 3.35. The highest BCUT2D eigenvalue weighted by molar-refractivity contribution is 6.07. The number of fused-ring (bicyclic) bond motifs is 1. The van der Waals surface area contributed by atoms with Crippen molar-refractivity contribution in [1.29, 1.82) is 0 Å². The molecule has 0 aliphatic rings. The van der Waals surface area contributed by atoms with Gasteiger partial charge in [0.1, 0.15) is 0 Å². The summed E-state index contributed by atoms with van der Waals surface area (Å²) >= 11 is 0. The highest BCUT2D eigenvalue weighted by atomic mass is 19.4.